The van der Waals surface area contributed by atoms with E-state index in [1.54, 1.807) is 6.92 Å². The first-order valence-corrected chi connectivity index (χ1v) is 9.58. The summed E-state index contributed by atoms with van der Waals surface area (Å²) in [6.07, 6.45) is 6.65. The fraction of sp³-hybridized carbons (Fsp3) is 0.591. The number of aryl methyl sites for hydroxylation is 1. The first-order valence-electron chi connectivity index (χ1n) is 9.58. The maximum atomic E-state index is 12.0. The molecule has 3 heteroatoms. The van der Waals surface area contributed by atoms with Gasteiger partial charge in [0.1, 0.15) is 11.9 Å². The van der Waals surface area contributed by atoms with E-state index in [2.05, 4.69) is 19.6 Å². The maximum Gasteiger partial charge on any atom is 0.333 e. The Bertz CT molecular complexity index is 722. The molecular formula is C22H28O3. The van der Waals surface area contributed by atoms with Crippen molar-refractivity contribution < 1.29 is 14.6 Å². The van der Waals surface area contributed by atoms with Crippen LogP contribution < -0.4 is 0 Å². The minimum Gasteiger partial charge on any atom is -0.508 e. The van der Waals surface area contributed by atoms with Crippen LogP contribution in [0, 0.1) is 17.3 Å². The number of esters is 1. The van der Waals surface area contributed by atoms with Crippen molar-refractivity contribution in [3.8, 4) is 5.75 Å². The Labute approximate surface area is 150 Å². The Morgan fingerprint density at radius 1 is 1.28 bits per heavy atom. The van der Waals surface area contributed by atoms with Crippen molar-refractivity contribution in [3.63, 3.8) is 0 Å². The molecule has 0 saturated heterocycles. The maximum absolute atomic E-state index is 12.0. The third kappa shape index (κ3) is 2.59. The predicted molar refractivity (Wildman–Crippen MR) is 97.4 cm³/mol. The molecule has 3 aliphatic rings. The van der Waals surface area contributed by atoms with Crippen molar-refractivity contribution in [1.29, 1.82) is 0 Å². The summed E-state index contributed by atoms with van der Waals surface area (Å²) in [5.74, 6) is 2.03. The van der Waals surface area contributed by atoms with Crippen LogP contribution in [0.5, 0.6) is 5.75 Å². The van der Waals surface area contributed by atoms with E-state index < -0.39 is 0 Å². The van der Waals surface area contributed by atoms with E-state index in [0.717, 1.165) is 32.1 Å². The van der Waals surface area contributed by atoms with Gasteiger partial charge in [0.15, 0.2) is 0 Å². The molecule has 3 nitrogen and oxygen atoms in total. The smallest absolute Gasteiger partial charge is 0.333 e. The molecule has 5 atom stereocenters. The molecule has 2 saturated carbocycles. The van der Waals surface area contributed by atoms with E-state index in [1.807, 2.05) is 12.1 Å². The second-order valence-corrected chi connectivity index (χ2v) is 8.59. The predicted octanol–water partition coefficient (Wildman–Crippen LogP) is 4.74. The van der Waals surface area contributed by atoms with Gasteiger partial charge in [0, 0.05) is 11.0 Å². The lowest BCUT2D eigenvalue weighted by Crippen LogP contribution is -2.45. The number of ether oxygens (including phenoxy) is 1. The van der Waals surface area contributed by atoms with Crippen LogP contribution in [0.1, 0.15) is 63.0 Å². The lowest BCUT2D eigenvalue weighted by Gasteiger charge is -2.50. The molecule has 3 aliphatic carbocycles. The molecule has 0 unspecified atom stereocenters. The normalized spacial score (nSPS) is 36.1. The summed E-state index contributed by atoms with van der Waals surface area (Å²) < 4.78 is 5.84. The van der Waals surface area contributed by atoms with Crippen LogP contribution in [0.15, 0.2) is 30.4 Å². The van der Waals surface area contributed by atoms with Crippen molar-refractivity contribution in [2.75, 3.05) is 0 Å². The van der Waals surface area contributed by atoms with Gasteiger partial charge in [-0.3, -0.25) is 0 Å². The second-order valence-electron chi connectivity index (χ2n) is 8.59. The zero-order chi connectivity index (χ0) is 17.8. The molecule has 1 aromatic rings. The zero-order valence-electron chi connectivity index (χ0n) is 15.3. The quantitative estimate of drug-likeness (QED) is 0.625. The van der Waals surface area contributed by atoms with Crippen molar-refractivity contribution in [2.24, 2.45) is 17.3 Å². The molecule has 0 bridgehead atoms. The van der Waals surface area contributed by atoms with E-state index in [4.69, 9.17) is 4.74 Å². The number of hydrogen-bond donors (Lipinski definition) is 1. The van der Waals surface area contributed by atoms with Gasteiger partial charge in [0.2, 0.25) is 0 Å². The van der Waals surface area contributed by atoms with Gasteiger partial charge in [-0.2, -0.15) is 0 Å². The SMILES string of the molecule is C=C(C)C(=O)O[C@H]1CC[C@H]2[C@@H]3CCc4cc(O)ccc4[C@H]3CC[C@]12C. The summed E-state index contributed by atoms with van der Waals surface area (Å²) in [6.45, 7) is 7.79. The largest absolute Gasteiger partial charge is 0.508 e. The number of hydrogen-bond acceptors (Lipinski definition) is 3. The van der Waals surface area contributed by atoms with Gasteiger partial charge < -0.3 is 9.84 Å². The lowest BCUT2D eigenvalue weighted by atomic mass is 9.55. The molecule has 2 fully saturated rings. The summed E-state index contributed by atoms with van der Waals surface area (Å²) >= 11 is 0. The molecule has 0 spiro atoms. The highest BCUT2D eigenvalue weighted by Gasteiger charge is 2.56. The van der Waals surface area contributed by atoms with E-state index in [9.17, 15) is 9.90 Å². The molecule has 0 amide bonds. The average Bonchev–Trinajstić information content (AvgIpc) is 2.91. The molecule has 4 rings (SSSR count). The number of phenolic OH excluding ortho intramolecular Hbond substituents is 1. The van der Waals surface area contributed by atoms with Crippen molar-refractivity contribution in [3.05, 3.63) is 41.5 Å². The Morgan fingerprint density at radius 2 is 2.08 bits per heavy atom. The fourth-order valence-electron chi connectivity index (χ4n) is 5.94. The topological polar surface area (TPSA) is 46.5 Å². The van der Waals surface area contributed by atoms with Gasteiger partial charge in [-0.05, 0) is 86.5 Å². The van der Waals surface area contributed by atoms with Crippen LogP contribution in [-0.4, -0.2) is 17.2 Å². The Kier molecular flexibility index (Phi) is 3.93. The molecule has 0 aromatic heterocycles. The minimum absolute atomic E-state index is 0.0314. The number of carbonyl (C=O) groups excluding carboxylic acids is 1. The van der Waals surface area contributed by atoms with Crippen molar-refractivity contribution in [1.82, 2.24) is 0 Å². The van der Waals surface area contributed by atoms with Crippen LogP contribution >= 0.6 is 0 Å². The number of benzene rings is 1. The summed E-state index contributed by atoms with van der Waals surface area (Å²) in [4.78, 5) is 12.0. The van der Waals surface area contributed by atoms with Gasteiger partial charge >= 0.3 is 5.97 Å². The fourth-order valence-corrected chi connectivity index (χ4v) is 5.94. The van der Waals surface area contributed by atoms with E-state index in [-0.39, 0.29) is 17.5 Å². The highest BCUT2D eigenvalue weighted by atomic mass is 16.5. The number of aromatic hydroxyl groups is 1. The van der Waals surface area contributed by atoms with Gasteiger partial charge in [-0.15, -0.1) is 0 Å². The molecule has 134 valence electrons. The zero-order valence-corrected chi connectivity index (χ0v) is 15.3. The van der Waals surface area contributed by atoms with E-state index >= 15 is 0 Å². The molecule has 1 aromatic carbocycles. The van der Waals surface area contributed by atoms with Crippen LogP contribution in [0.3, 0.4) is 0 Å². The third-order valence-electron chi connectivity index (χ3n) is 7.22. The number of rotatable bonds is 2. The molecule has 25 heavy (non-hydrogen) atoms. The highest BCUT2D eigenvalue weighted by molar-refractivity contribution is 5.87. The highest BCUT2D eigenvalue weighted by Crippen LogP contribution is 2.61. The molecule has 0 heterocycles. The third-order valence-corrected chi connectivity index (χ3v) is 7.22. The standard InChI is InChI=1S/C22H28O3/c1-13(2)21(24)25-20-9-8-19-18-6-4-14-12-15(23)5-7-16(14)17(18)10-11-22(19,20)3/h5,7,12,17-20,23H,1,4,6,8-11H2,2-3H3/t17-,18-,19+,20+,22+/m1/s1. The van der Waals surface area contributed by atoms with Gasteiger partial charge in [0.25, 0.3) is 0 Å². The van der Waals surface area contributed by atoms with Crippen LogP contribution in [0.4, 0.5) is 0 Å². The number of carbonyl (C=O) groups is 1. The second kappa shape index (κ2) is 5.89. The molecule has 0 aliphatic heterocycles. The molecular weight excluding hydrogens is 312 g/mol. The Balaban J connectivity index is 1.59. The van der Waals surface area contributed by atoms with Crippen LogP contribution in [0.2, 0.25) is 0 Å². The monoisotopic (exact) mass is 340 g/mol. The van der Waals surface area contributed by atoms with E-state index in [1.165, 1.54) is 17.5 Å². The summed E-state index contributed by atoms with van der Waals surface area (Å²) in [5, 5.41) is 9.78. The van der Waals surface area contributed by atoms with Crippen molar-refractivity contribution in [2.45, 2.75) is 64.4 Å². The first-order chi connectivity index (χ1) is 11.9. The van der Waals surface area contributed by atoms with Crippen LogP contribution in [0.25, 0.3) is 0 Å². The minimum atomic E-state index is -0.238. The first kappa shape index (κ1) is 16.7. The molecule has 1 N–H and O–H groups in total. The average molecular weight is 340 g/mol. The van der Waals surface area contributed by atoms with Gasteiger partial charge in [-0.25, -0.2) is 4.79 Å². The Morgan fingerprint density at radius 3 is 2.84 bits per heavy atom. The van der Waals surface area contributed by atoms with Crippen LogP contribution in [-0.2, 0) is 16.0 Å². The summed E-state index contributed by atoms with van der Waals surface area (Å²) in [5.41, 5.74) is 3.36. The summed E-state index contributed by atoms with van der Waals surface area (Å²) in [7, 11) is 0. The Hall–Kier alpha value is -1.77. The van der Waals surface area contributed by atoms with Crippen molar-refractivity contribution >= 4 is 5.97 Å². The lowest BCUT2D eigenvalue weighted by molar-refractivity contribution is -0.152. The number of fused-ring (bicyclic) bond motifs is 5. The van der Waals surface area contributed by atoms with E-state index in [0.29, 0.717) is 29.1 Å². The van der Waals surface area contributed by atoms with Gasteiger partial charge in [0.05, 0.1) is 0 Å². The summed E-state index contributed by atoms with van der Waals surface area (Å²) in [6, 6.07) is 5.92. The molecule has 0 radical (unpaired) electrons. The number of phenols is 1. The van der Waals surface area contributed by atoms with Gasteiger partial charge in [-0.1, -0.05) is 19.6 Å².